The molecule has 1 rings (SSSR count). The van der Waals surface area contributed by atoms with Gasteiger partial charge in [-0.1, -0.05) is 19.8 Å². The Bertz CT molecular complexity index is 172. The maximum atomic E-state index is 3.63. The van der Waals surface area contributed by atoms with Crippen LogP contribution in [-0.4, -0.2) is 36.1 Å². The van der Waals surface area contributed by atoms with Crippen molar-refractivity contribution < 1.29 is 0 Å². The summed E-state index contributed by atoms with van der Waals surface area (Å²) in [6.45, 7) is 11.7. The molecule has 0 spiro atoms. The lowest BCUT2D eigenvalue weighted by Gasteiger charge is -2.39. The van der Waals surface area contributed by atoms with E-state index in [1.807, 2.05) is 0 Å². The average Bonchev–Trinajstić information content (AvgIpc) is 2.23. The molecule has 1 aliphatic rings. The molecule has 1 fully saturated rings. The Balaban J connectivity index is 2.19. The summed E-state index contributed by atoms with van der Waals surface area (Å²) in [7, 11) is 0. The van der Waals surface area contributed by atoms with Crippen molar-refractivity contribution in [3.05, 3.63) is 0 Å². The third kappa shape index (κ3) is 4.42. The van der Waals surface area contributed by atoms with Crippen LogP contribution in [0.2, 0.25) is 0 Å². The van der Waals surface area contributed by atoms with Crippen molar-refractivity contribution in [1.29, 1.82) is 0 Å². The molecule has 0 bridgehead atoms. The summed E-state index contributed by atoms with van der Waals surface area (Å²) in [6, 6.07) is 2.25. The molecule has 0 aliphatic carbocycles. The molecule has 16 heavy (non-hydrogen) atoms. The van der Waals surface area contributed by atoms with Crippen molar-refractivity contribution in [2.75, 3.05) is 13.1 Å². The molecule has 0 aromatic rings. The first-order chi connectivity index (χ1) is 7.65. The first kappa shape index (κ1) is 14.0. The van der Waals surface area contributed by atoms with Gasteiger partial charge in [0.2, 0.25) is 0 Å². The summed E-state index contributed by atoms with van der Waals surface area (Å²) in [4.78, 5) is 2.68. The lowest BCUT2D eigenvalue weighted by atomic mass is 9.98. The Morgan fingerprint density at radius 2 is 1.88 bits per heavy atom. The van der Waals surface area contributed by atoms with Crippen LogP contribution in [0.3, 0.4) is 0 Å². The van der Waals surface area contributed by atoms with E-state index in [1.54, 1.807) is 0 Å². The largest absolute Gasteiger partial charge is 0.313 e. The SMILES string of the molecule is CCCC(C)NCCN1C(C)CCCC1C. The molecule has 1 aliphatic heterocycles. The van der Waals surface area contributed by atoms with E-state index in [9.17, 15) is 0 Å². The second kappa shape index (κ2) is 7.29. The first-order valence-electron chi connectivity index (χ1n) is 7.14. The highest BCUT2D eigenvalue weighted by atomic mass is 15.2. The van der Waals surface area contributed by atoms with Crippen molar-refractivity contribution in [2.45, 2.75) is 77.9 Å². The fraction of sp³-hybridized carbons (Fsp3) is 1.00. The minimum atomic E-state index is 0.681. The molecule has 3 atom stereocenters. The monoisotopic (exact) mass is 226 g/mol. The van der Waals surface area contributed by atoms with Gasteiger partial charge in [-0.3, -0.25) is 4.90 Å². The first-order valence-corrected chi connectivity index (χ1v) is 7.14. The molecule has 0 saturated carbocycles. The molecule has 0 radical (unpaired) electrons. The fourth-order valence-corrected chi connectivity index (χ4v) is 2.89. The number of piperidine rings is 1. The molecule has 1 heterocycles. The Labute approximate surface area is 102 Å². The molecular formula is C14H30N2. The van der Waals surface area contributed by atoms with Gasteiger partial charge in [0, 0.05) is 31.2 Å². The standard InChI is InChI=1S/C14H30N2/c1-5-7-12(2)15-10-11-16-13(3)8-6-9-14(16)4/h12-15H,5-11H2,1-4H3. The van der Waals surface area contributed by atoms with Crippen LogP contribution >= 0.6 is 0 Å². The molecule has 0 aromatic heterocycles. The van der Waals surface area contributed by atoms with Gasteiger partial charge in [0.25, 0.3) is 0 Å². The average molecular weight is 226 g/mol. The van der Waals surface area contributed by atoms with Crippen LogP contribution in [0.5, 0.6) is 0 Å². The summed E-state index contributed by atoms with van der Waals surface area (Å²) in [5.74, 6) is 0. The predicted molar refractivity (Wildman–Crippen MR) is 71.9 cm³/mol. The minimum Gasteiger partial charge on any atom is -0.313 e. The van der Waals surface area contributed by atoms with Crippen LogP contribution in [0.25, 0.3) is 0 Å². The third-order valence-corrected chi connectivity index (χ3v) is 3.96. The number of nitrogens with one attached hydrogen (secondary N) is 1. The second-order valence-corrected chi connectivity index (χ2v) is 5.51. The number of rotatable bonds is 6. The van der Waals surface area contributed by atoms with E-state index in [-0.39, 0.29) is 0 Å². The molecule has 1 N–H and O–H groups in total. The van der Waals surface area contributed by atoms with Gasteiger partial charge in [-0.2, -0.15) is 0 Å². The highest BCUT2D eigenvalue weighted by Crippen LogP contribution is 2.21. The van der Waals surface area contributed by atoms with E-state index in [2.05, 4.69) is 37.9 Å². The fourth-order valence-electron chi connectivity index (χ4n) is 2.89. The zero-order valence-corrected chi connectivity index (χ0v) is 11.6. The number of hydrogen-bond acceptors (Lipinski definition) is 2. The maximum Gasteiger partial charge on any atom is 0.0113 e. The van der Waals surface area contributed by atoms with Crippen LogP contribution < -0.4 is 5.32 Å². The summed E-state index contributed by atoms with van der Waals surface area (Å²) in [6.07, 6.45) is 6.76. The molecule has 0 amide bonds. The van der Waals surface area contributed by atoms with Crippen LogP contribution in [0.1, 0.15) is 59.8 Å². The van der Waals surface area contributed by atoms with Gasteiger partial charge in [0.05, 0.1) is 0 Å². The van der Waals surface area contributed by atoms with Crippen molar-refractivity contribution in [2.24, 2.45) is 0 Å². The summed E-state index contributed by atoms with van der Waals surface area (Å²) in [5.41, 5.74) is 0. The number of hydrogen-bond donors (Lipinski definition) is 1. The zero-order chi connectivity index (χ0) is 12.0. The number of nitrogens with zero attached hydrogens (tertiary/aromatic N) is 1. The lowest BCUT2D eigenvalue weighted by Crippen LogP contribution is -2.47. The summed E-state index contributed by atoms with van der Waals surface area (Å²) in [5, 5.41) is 3.63. The van der Waals surface area contributed by atoms with Crippen LogP contribution in [-0.2, 0) is 0 Å². The van der Waals surface area contributed by atoms with E-state index in [1.165, 1.54) is 38.6 Å². The van der Waals surface area contributed by atoms with Crippen molar-refractivity contribution >= 4 is 0 Å². The molecule has 0 aromatic carbocycles. The van der Waals surface area contributed by atoms with Gasteiger partial charge >= 0.3 is 0 Å². The van der Waals surface area contributed by atoms with Crippen molar-refractivity contribution in [3.63, 3.8) is 0 Å². The summed E-state index contributed by atoms with van der Waals surface area (Å²) >= 11 is 0. The highest BCUT2D eigenvalue weighted by molar-refractivity contribution is 4.80. The van der Waals surface area contributed by atoms with E-state index in [0.717, 1.165) is 18.6 Å². The molecule has 2 heteroatoms. The minimum absolute atomic E-state index is 0.681. The topological polar surface area (TPSA) is 15.3 Å². The number of likely N-dealkylation sites (tertiary alicyclic amines) is 1. The van der Waals surface area contributed by atoms with Crippen molar-refractivity contribution in [3.8, 4) is 0 Å². The van der Waals surface area contributed by atoms with Crippen LogP contribution in [0.15, 0.2) is 0 Å². The van der Waals surface area contributed by atoms with Gasteiger partial charge in [-0.25, -0.2) is 0 Å². The van der Waals surface area contributed by atoms with E-state index >= 15 is 0 Å². The molecular weight excluding hydrogens is 196 g/mol. The van der Waals surface area contributed by atoms with Gasteiger partial charge in [0.1, 0.15) is 0 Å². The third-order valence-electron chi connectivity index (χ3n) is 3.96. The highest BCUT2D eigenvalue weighted by Gasteiger charge is 2.23. The smallest absolute Gasteiger partial charge is 0.0113 e. The lowest BCUT2D eigenvalue weighted by molar-refractivity contribution is 0.104. The van der Waals surface area contributed by atoms with Crippen LogP contribution in [0, 0.1) is 0 Å². The molecule has 2 nitrogen and oxygen atoms in total. The van der Waals surface area contributed by atoms with Gasteiger partial charge in [0.15, 0.2) is 0 Å². The van der Waals surface area contributed by atoms with Crippen molar-refractivity contribution in [1.82, 2.24) is 10.2 Å². The molecule has 1 saturated heterocycles. The Hall–Kier alpha value is -0.0800. The summed E-state index contributed by atoms with van der Waals surface area (Å²) < 4.78 is 0. The van der Waals surface area contributed by atoms with E-state index < -0.39 is 0 Å². The molecule has 96 valence electrons. The van der Waals surface area contributed by atoms with Crippen LogP contribution in [0.4, 0.5) is 0 Å². The normalized spacial score (nSPS) is 29.2. The van der Waals surface area contributed by atoms with E-state index in [4.69, 9.17) is 0 Å². The second-order valence-electron chi connectivity index (χ2n) is 5.51. The van der Waals surface area contributed by atoms with Gasteiger partial charge in [-0.05, 0) is 40.0 Å². The van der Waals surface area contributed by atoms with Gasteiger partial charge < -0.3 is 5.32 Å². The predicted octanol–water partition coefficient (Wildman–Crippen LogP) is 3.03. The Morgan fingerprint density at radius 1 is 1.25 bits per heavy atom. The maximum absolute atomic E-state index is 3.63. The van der Waals surface area contributed by atoms with Gasteiger partial charge in [-0.15, -0.1) is 0 Å². The quantitative estimate of drug-likeness (QED) is 0.749. The zero-order valence-electron chi connectivity index (χ0n) is 11.6. The Morgan fingerprint density at radius 3 is 2.44 bits per heavy atom. The Kier molecular flexibility index (Phi) is 6.37. The van der Waals surface area contributed by atoms with E-state index in [0.29, 0.717) is 6.04 Å². The molecule has 3 unspecified atom stereocenters.